The van der Waals surface area contributed by atoms with Crippen molar-refractivity contribution in [2.75, 3.05) is 10.6 Å². The van der Waals surface area contributed by atoms with Crippen molar-refractivity contribution in [3.05, 3.63) is 83.9 Å². The Morgan fingerprint density at radius 1 is 1.00 bits per heavy atom. The van der Waals surface area contributed by atoms with Gasteiger partial charge in [0, 0.05) is 24.6 Å². The number of nitrogens with one attached hydrogen (secondary N) is 2. The van der Waals surface area contributed by atoms with Crippen molar-refractivity contribution < 1.29 is 4.79 Å². The molecule has 0 saturated heterocycles. The zero-order valence-corrected chi connectivity index (χ0v) is 13.4. The third-order valence-corrected chi connectivity index (χ3v) is 3.52. The molecule has 0 unspecified atom stereocenters. The van der Waals surface area contributed by atoms with Crippen LogP contribution in [0.2, 0.25) is 0 Å². The number of hydrogen-bond donors (Lipinski definition) is 2. The zero-order chi connectivity index (χ0) is 16.8. The Hall–Kier alpha value is -3.21. The number of pyridine rings is 2. The van der Waals surface area contributed by atoms with Gasteiger partial charge >= 0.3 is 0 Å². The van der Waals surface area contributed by atoms with E-state index in [1.807, 2.05) is 55.6 Å². The number of amides is 1. The lowest BCUT2D eigenvalue weighted by atomic mass is 10.2. The molecule has 120 valence electrons. The van der Waals surface area contributed by atoms with E-state index in [0.29, 0.717) is 12.2 Å². The number of carbonyl (C=O) groups is 1. The van der Waals surface area contributed by atoms with Crippen LogP contribution in [0.15, 0.2) is 67.1 Å². The van der Waals surface area contributed by atoms with Gasteiger partial charge in [-0.1, -0.05) is 23.8 Å². The number of anilines is 2. The van der Waals surface area contributed by atoms with Crippen molar-refractivity contribution in [3.8, 4) is 0 Å². The van der Waals surface area contributed by atoms with Crippen LogP contribution < -0.4 is 10.6 Å². The molecule has 3 rings (SSSR count). The van der Waals surface area contributed by atoms with Gasteiger partial charge in [-0.15, -0.1) is 0 Å². The zero-order valence-electron chi connectivity index (χ0n) is 13.4. The fourth-order valence-corrected chi connectivity index (χ4v) is 2.17. The van der Waals surface area contributed by atoms with Crippen LogP contribution >= 0.6 is 0 Å². The summed E-state index contributed by atoms with van der Waals surface area (Å²) in [5, 5.41) is 6.08. The molecule has 0 radical (unpaired) electrons. The molecule has 0 aliphatic heterocycles. The molecule has 1 amide bonds. The molecular formula is C19H18N4O. The first-order valence-corrected chi connectivity index (χ1v) is 7.67. The van der Waals surface area contributed by atoms with E-state index in [4.69, 9.17) is 0 Å². The van der Waals surface area contributed by atoms with E-state index < -0.39 is 0 Å². The number of hydrogen-bond acceptors (Lipinski definition) is 4. The average Bonchev–Trinajstić information content (AvgIpc) is 2.63. The first kappa shape index (κ1) is 15.7. The number of carbonyl (C=O) groups excluding carboxylic acids is 1. The van der Waals surface area contributed by atoms with Crippen LogP contribution in [0.1, 0.15) is 21.6 Å². The smallest absolute Gasteiger partial charge is 0.274 e. The van der Waals surface area contributed by atoms with Crippen LogP contribution in [0.5, 0.6) is 0 Å². The molecule has 24 heavy (non-hydrogen) atoms. The van der Waals surface area contributed by atoms with Gasteiger partial charge in [0.25, 0.3) is 5.91 Å². The van der Waals surface area contributed by atoms with Crippen LogP contribution in [-0.4, -0.2) is 15.9 Å². The predicted molar refractivity (Wildman–Crippen MR) is 94.9 cm³/mol. The van der Waals surface area contributed by atoms with Crippen LogP contribution in [0.25, 0.3) is 0 Å². The highest BCUT2D eigenvalue weighted by Crippen LogP contribution is 2.12. The summed E-state index contributed by atoms with van der Waals surface area (Å²) in [7, 11) is 0. The van der Waals surface area contributed by atoms with Crippen molar-refractivity contribution in [1.82, 2.24) is 9.97 Å². The number of aromatic nitrogens is 2. The molecule has 0 saturated carbocycles. The SMILES string of the molecule is Cc1ccc(NC(=O)c2ccc(NCc3cccnc3)cn2)cc1. The van der Waals surface area contributed by atoms with Gasteiger partial charge in [0.2, 0.25) is 0 Å². The molecule has 0 aliphatic carbocycles. The van der Waals surface area contributed by atoms with E-state index >= 15 is 0 Å². The Kier molecular flexibility index (Phi) is 4.81. The van der Waals surface area contributed by atoms with E-state index in [9.17, 15) is 4.79 Å². The highest BCUT2D eigenvalue weighted by Gasteiger charge is 2.07. The van der Waals surface area contributed by atoms with Crippen molar-refractivity contribution in [3.63, 3.8) is 0 Å². The summed E-state index contributed by atoms with van der Waals surface area (Å²) in [4.78, 5) is 20.5. The van der Waals surface area contributed by atoms with Crippen molar-refractivity contribution in [1.29, 1.82) is 0 Å². The molecule has 2 N–H and O–H groups in total. The van der Waals surface area contributed by atoms with Crippen LogP contribution in [0.4, 0.5) is 11.4 Å². The third kappa shape index (κ3) is 4.16. The lowest BCUT2D eigenvalue weighted by molar-refractivity contribution is 0.102. The van der Waals surface area contributed by atoms with E-state index in [1.54, 1.807) is 18.5 Å². The summed E-state index contributed by atoms with van der Waals surface area (Å²) in [6, 6.07) is 15.1. The van der Waals surface area contributed by atoms with Gasteiger partial charge in [0.1, 0.15) is 5.69 Å². The number of rotatable bonds is 5. The molecule has 0 aliphatic rings. The Bertz CT molecular complexity index is 799. The molecule has 0 bridgehead atoms. The lowest BCUT2D eigenvalue weighted by Crippen LogP contribution is -2.13. The van der Waals surface area contributed by atoms with Crippen LogP contribution in [0.3, 0.4) is 0 Å². The van der Waals surface area contributed by atoms with Crippen molar-refractivity contribution in [2.45, 2.75) is 13.5 Å². The number of benzene rings is 1. The number of aryl methyl sites for hydroxylation is 1. The Morgan fingerprint density at radius 2 is 1.79 bits per heavy atom. The molecule has 2 heterocycles. The maximum absolute atomic E-state index is 12.2. The summed E-state index contributed by atoms with van der Waals surface area (Å²) in [5.74, 6) is -0.224. The van der Waals surface area contributed by atoms with Crippen LogP contribution in [0, 0.1) is 6.92 Å². The van der Waals surface area contributed by atoms with Gasteiger partial charge in [-0.25, -0.2) is 4.98 Å². The Morgan fingerprint density at radius 3 is 2.46 bits per heavy atom. The minimum atomic E-state index is -0.224. The summed E-state index contributed by atoms with van der Waals surface area (Å²) in [6.45, 7) is 2.66. The monoisotopic (exact) mass is 318 g/mol. The number of nitrogens with zero attached hydrogens (tertiary/aromatic N) is 2. The molecule has 3 aromatic rings. The van der Waals surface area contributed by atoms with Gasteiger partial charge in [-0.05, 0) is 42.8 Å². The van der Waals surface area contributed by atoms with Gasteiger partial charge in [0.05, 0.1) is 11.9 Å². The van der Waals surface area contributed by atoms with Gasteiger partial charge in [0.15, 0.2) is 0 Å². The maximum Gasteiger partial charge on any atom is 0.274 e. The standard InChI is InChI=1S/C19H18N4O/c1-14-4-6-16(7-5-14)23-19(24)18-9-8-17(13-22-18)21-12-15-3-2-10-20-11-15/h2-11,13,21H,12H2,1H3,(H,23,24). The minimum Gasteiger partial charge on any atom is -0.380 e. The second kappa shape index (κ2) is 7.37. The van der Waals surface area contributed by atoms with Gasteiger partial charge < -0.3 is 10.6 Å². The van der Waals surface area contributed by atoms with E-state index in [0.717, 1.165) is 22.5 Å². The molecule has 0 fully saturated rings. The maximum atomic E-state index is 12.2. The topological polar surface area (TPSA) is 66.9 Å². The summed E-state index contributed by atoms with van der Waals surface area (Å²) >= 11 is 0. The Labute approximate surface area is 140 Å². The summed E-state index contributed by atoms with van der Waals surface area (Å²) < 4.78 is 0. The first-order valence-electron chi connectivity index (χ1n) is 7.67. The minimum absolute atomic E-state index is 0.224. The van der Waals surface area contributed by atoms with Gasteiger partial charge in [-0.2, -0.15) is 0 Å². The molecule has 2 aromatic heterocycles. The third-order valence-electron chi connectivity index (χ3n) is 3.52. The highest BCUT2D eigenvalue weighted by molar-refractivity contribution is 6.02. The first-order chi connectivity index (χ1) is 11.7. The lowest BCUT2D eigenvalue weighted by Gasteiger charge is -2.08. The normalized spacial score (nSPS) is 10.2. The Balaban J connectivity index is 1.59. The second-order valence-electron chi connectivity index (χ2n) is 5.47. The molecular weight excluding hydrogens is 300 g/mol. The molecule has 0 spiro atoms. The quantitative estimate of drug-likeness (QED) is 0.753. The van der Waals surface area contributed by atoms with E-state index in [1.165, 1.54) is 0 Å². The average molecular weight is 318 g/mol. The van der Waals surface area contributed by atoms with Crippen LogP contribution in [-0.2, 0) is 6.54 Å². The summed E-state index contributed by atoms with van der Waals surface area (Å²) in [5.41, 5.74) is 4.22. The molecule has 5 nitrogen and oxygen atoms in total. The second-order valence-corrected chi connectivity index (χ2v) is 5.47. The van der Waals surface area contributed by atoms with Crippen molar-refractivity contribution >= 4 is 17.3 Å². The van der Waals surface area contributed by atoms with E-state index in [2.05, 4.69) is 20.6 Å². The fraction of sp³-hybridized carbons (Fsp3) is 0.105. The molecule has 1 aromatic carbocycles. The summed E-state index contributed by atoms with van der Waals surface area (Å²) in [6.07, 6.45) is 5.21. The molecule has 0 atom stereocenters. The van der Waals surface area contributed by atoms with Crippen molar-refractivity contribution in [2.24, 2.45) is 0 Å². The van der Waals surface area contributed by atoms with E-state index in [-0.39, 0.29) is 5.91 Å². The predicted octanol–water partition coefficient (Wildman–Crippen LogP) is 3.65. The highest BCUT2D eigenvalue weighted by atomic mass is 16.1. The largest absolute Gasteiger partial charge is 0.380 e. The fourth-order valence-electron chi connectivity index (χ4n) is 2.17. The molecule has 5 heteroatoms. The van der Waals surface area contributed by atoms with Gasteiger partial charge in [-0.3, -0.25) is 9.78 Å².